The fraction of sp³-hybridized carbons (Fsp3) is 0.158. The second-order valence-electron chi connectivity index (χ2n) is 5.80. The third-order valence-corrected chi connectivity index (χ3v) is 4.04. The Labute approximate surface area is 153 Å². The molecule has 2 amide bonds. The molecule has 7 nitrogen and oxygen atoms in total. The third-order valence-electron chi connectivity index (χ3n) is 4.04. The van der Waals surface area contributed by atoms with Crippen molar-refractivity contribution in [3.8, 4) is 0 Å². The second-order valence-corrected chi connectivity index (χ2v) is 5.80. The quantitative estimate of drug-likeness (QED) is 0.708. The van der Waals surface area contributed by atoms with E-state index in [0.717, 1.165) is 4.68 Å². The van der Waals surface area contributed by atoms with Crippen LogP contribution in [0, 0.1) is 5.82 Å². The SMILES string of the molecule is CNC(=O)c1nn(CC(=O)NCc2ccccc2F)c(=O)c2ccccc12. The highest BCUT2D eigenvalue weighted by molar-refractivity contribution is 6.04. The van der Waals surface area contributed by atoms with Crippen molar-refractivity contribution in [1.29, 1.82) is 0 Å². The Morgan fingerprint density at radius 1 is 1.07 bits per heavy atom. The van der Waals surface area contributed by atoms with Gasteiger partial charge in [-0.15, -0.1) is 0 Å². The van der Waals surface area contributed by atoms with Gasteiger partial charge in [0.05, 0.1) is 5.39 Å². The van der Waals surface area contributed by atoms with Crippen LogP contribution in [0.25, 0.3) is 10.8 Å². The van der Waals surface area contributed by atoms with Crippen LogP contribution in [0.5, 0.6) is 0 Å². The monoisotopic (exact) mass is 368 g/mol. The summed E-state index contributed by atoms with van der Waals surface area (Å²) in [7, 11) is 1.45. The summed E-state index contributed by atoms with van der Waals surface area (Å²) in [5.74, 6) is -1.42. The molecular formula is C19H17FN4O3. The van der Waals surface area contributed by atoms with Crippen molar-refractivity contribution in [1.82, 2.24) is 20.4 Å². The summed E-state index contributed by atoms with van der Waals surface area (Å²) in [4.78, 5) is 36.9. The number of benzene rings is 2. The van der Waals surface area contributed by atoms with Gasteiger partial charge in [0.25, 0.3) is 11.5 Å². The fourth-order valence-electron chi connectivity index (χ4n) is 2.66. The van der Waals surface area contributed by atoms with Gasteiger partial charge in [0, 0.05) is 24.5 Å². The van der Waals surface area contributed by atoms with Crippen LogP contribution < -0.4 is 16.2 Å². The van der Waals surface area contributed by atoms with Gasteiger partial charge in [0.2, 0.25) is 5.91 Å². The van der Waals surface area contributed by atoms with Crippen molar-refractivity contribution in [3.63, 3.8) is 0 Å². The number of hydrogen-bond donors (Lipinski definition) is 2. The van der Waals surface area contributed by atoms with Crippen molar-refractivity contribution in [3.05, 3.63) is 76.0 Å². The number of hydrogen-bond acceptors (Lipinski definition) is 4. The average molecular weight is 368 g/mol. The molecule has 0 aliphatic carbocycles. The maximum atomic E-state index is 13.6. The Morgan fingerprint density at radius 3 is 2.44 bits per heavy atom. The molecule has 138 valence electrons. The molecule has 27 heavy (non-hydrogen) atoms. The summed E-state index contributed by atoms with van der Waals surface area (Å²) >= 11 is 0. The Morgan fingerprint density at radius 2 is 1.74 bits per heavy atom. The van der Waals surface area contributed by atoms with E-state index >= 15 is 0 Å². The molecule has 0 unspecified atom stereocenters. The van der Waals surface area contributed by atoms with Crippen molar-refractivity contribution in [2.75, 3.05) is 7.05 Å². The molecule has 0 fully saturated rings. The normalized spacial score (nSPS) is 10.6. The van der Waals surface area contributed by atoms with Gasteiger partial charge in [-0.2, -0.15) is 5.10 Å². The van der Waals surface area contributed by atoms with Gasteiger partial charge in [0.15, 0.2) is 5.69 Å². The van der Waals surface area contributed by atoms with Gasteiger partial charge in [-0.1, -0.05) is 36.4 Å². The van der Waals surface area contributed by atoms with E-state index in [1.165, 1.54) is 13.1 Å². The van der Waals surface area contributed by atoms with Crippen LogP contribution in [0.3, 0.4) is 0 Å². The number of amides is 2. The topological polar surface area (TPSA) is 93.1 Å². The van der Waals surface area contributed by atoms with Crippen LogP contribution in [0.1, 0.15) is 16.1 Å². The summed E-state index contributed by atoms with van der Waals surface area (Å²) in [6.07, 6.45) is 0. The van der Waals surface area contributed by atoms with Gasteiger partial charge < -0.3 is 10.6 Å². The first-order valence-electron chi connectivity index (χ1n) is 8.23. The maximum absolute atomic E-state index is 13.6. The molecular weight excluding hydrogens is 351 g/mol. The second kappa shape index (κ2) is 7.77. The minimum Gasteiger partial charge on any atom is -0.354 e. The van der Waals surface area contributed by atoms with Crippen molar-refractivity contribution < 1.29 is 14.0 Å². The number of nitrogens with one attached hydrogen (secondary N) is 2. The van der Waals surface area contributed by atoms with E-state index in [1.807, 2.05) is 0 Å². The molecule has 1 heterocycles. The lowest BCUT2D eigenvalue weighted by Crippen LogP contribution is -2.35. The summed E-state index contributed by atoms with van der Waals surface area (Å²) in [5, 5.41) is 9.75. The highest BCUT2D eigenvalue weighted by Gasteiger charge is 2.17. The number of aromatic nitrogens is 2. The van der Waals surface area contributed by atoms with E-state index in [9.17, 15) is 18.8 Å². The first kappa shape index (κ1) is 18.2. The van der Waals surface area contributed by atoms with Gasteiger partial charge in [-0.05, 0) is 12.1 Å². The number of carbonyl (C=O) groups excluding carboxylic acids is 2. The van der Waals surface area contributed by atoms with Crippen molar-refractivity contribution in [2.45, 2.75) is 13.1 Å². The number of rotatable bonds is 5. The maximum Gasteiger partial charge on any atom is 0.275 e. The van der Waals surface area contributed by atoms with E-state index in [2.05, 4.69) is 15.7 Å². The number of halogens is 1. The Balaban J connectivity index is 1.87. The fourth-order valence-corrected chi connectivity index (χ4v) is 2.66. The van der Waals surface area contributed by atoms with E-state index in [-0.39, 0.29) is 24.2 Å². The molecule has 3 rings (SSSR count). The smallest absolute Gasteiger partial charge is 0.275 e. The lowest BCUT2D eigenvalue weighted by atomic mass is 10.1. The van der Waals surface area contributed by atoms with E-state index in [1.54, 1.807) is 42.5 Å². The summed E-state index contributed by atoms with van der Waals surface area (Å²) in [5.41, 5.74) is -0.107. The van der Waals surface area contributed by atoms with Gasteiger partial charge in [-0.25, -0.2) is 9.07 Å². The average Bonchev–Trinajstić information content (AvgIpc) is 2.69. The van der Waals surface area contributed by atoms with Gasteiger partial charge >= 0.3 is 0 Å². The minimum atomic E-state index is -0.522. The predicted molar refractivity (Wildman–Crippen MR) is 97.6 cm³/mol. The molecule has 0 saturated carbocycles. The van der Waals surface area contributed by atoms with Crippen LogP contribution in [0.2, 0.25) is 0 Å². The Kier molecular flexibility index (Phi) is 5.25. The molecule has 0 radical (unpaired) electrons. The first-order valence-corrected chi connectivity index (χ1v) is 8.23. The molecule has 8 heteroatoms. The van der Waals surface area contributed by atoms with Crippen LogP contribution in [-0.4, -0.2) is 28.6 Å². The third kappa shape index (κ3) is 3.84. The van der Waals surface area contributed by atoms with E-state index < -0.39 is 23.2 Å². The van der Waals surface area contributed by atoms with Gasteiger partial charge in [0.1, 0.15) is 12.4 Å². The summed E-state index contributed by atoms with van der Waals surface area (Å²) < 4.78 is 14.6. The van der Waals surface area contributed by atoms with E-state index in [0.29, 0.717) is 10.9 Å². The standard InChI is InChI=1S/C19H17FN4O3/c1-21-18(26)17-13-7-3-4-8-14(13)19(27)24(23-17)11-16(25)22-10-12-6-2-5-9-15(12)20/h2-9H,10-11H2,1H3,(H,21,26)(H,22,25). The lowest BCUT2D eigenvalue weighted by molar-refractivity contribution is -0.122. The molecule has 2 N–H and O–H groups in total. The largest absolute Gasteiger partial charge is 0.354 e. The summed E-state index contributed by atoms with van der Waals surface area (Å²) in [6.45, 7) is -0.405. The minimum absolute atomic E-state index is 0.0177. The number of nitrogens with zero attached hydrogens (tertiary/aromatic N) is 2. The molecule has 1 aromatic heterocycles. The van der Waals surface area contributed by atoms with Gasteiger partial charge in [-0.3, -0.25) is 14.4 Å². The lowest BCUT2D eigenvalue weighted by Gasteiger charge is -2.11. The zero-order valence-electron chi connectivity index (χ0n) is 14.5. The van der Waals surface area contributed by atoms with Crippen LogP contribution in [0.4, 0.5) is 4.39 Å². The molecule has 0 bridgehead atoms. The van der Waals surface area contributed by atoms with Crippen molar-refractivity contribution >= 4 is 22.6 Å². The predicted octanol–water partition coefficient (Wildman–Crippen LogP) is 1.21. The zero-order valence-corrected chi connectivity index (χ0v) is 14.5. The highest BCUT2D eigenvalue weighted by Crippen LogP contribution is 2.13. The molecule has 3 aromatic rings. The first-order chi connectivity index (χ1) is 13.0. The number of fused-ring (bicyclic) bond motifs is 1. The molecule has 0 aliphatic rings. The highest BCUT2D eigenvalue weighted by atomic mass is 19.1. The molecule has 2 aromatic carbocycles. The van der Waals surface area contributed by atoms with Crippen LogP contribution in [0.15, 0.2) is 53.3 Å². The molecule has 0 spiro atoms. The molecule has 0 aliphatic heterocycles. The summed E-state index contributed by atoms with van der Waals surface area (Å²) in [6, 6.07) is 12.6. The van der Waals surface area contributed by atoms with Crippen molar-refractivity contribution in [2.24, 2.45) is 0 Å². The van der Waals surface area contributed by atoms with Crippen LogP contribution in [-0.2, 0) is 17.9 Å². The Hall–Kier alpha value is -3.55. The molecule has 0 saturated heterocycles. The molecule has 0 atom stereocenters. The van der Waals surface area contributed by atoms with Crippen LogP contribution >= 0.6 is 0 Å². The van der Waals surface area contributed by atoms with E-state index in [4.69, 9.17) is 0 Å². The number of carbonyl (C=O) groups is 2. The Bertz CT molecular complexity index is 1080. The zero-order chi connectivity index (χ0) is 19.4.